The quantitative estimate of drug-likeness (QED) is 0.696. The molecule has 1 aliphatic carbocycles. The van der Waals surface area contributed by atoms with E-state index in [9.17, 15) is 0 Å². The van der Waals surface area contributed by atoms with Crippen molar-refractivity contribution in [2.45, 2.75) is 12.8 Å². The number of allylic oxidation sites excluding steroid dienone is 1. The molecule has 1 heteroatoms. The third kappa shape index (κ3) is 1.65. The fourth-order valence-corrected chi connectivity index (χ4v) is 2.22. The first kappa shape index (κ1) is 9.34. The Kier molecular flexibility index (Phi) is 2.30. The molecule has 1 aromatic heterocycles. The van der Waals surface area contributed by atoms with Crippen molar-refractivity contribution in [1.82, 2.24) is 4.98 Å². The Morgan fingerprint density at radius 3 is 2.69 bits per heavy atom. The third-order valence-electron chi connectivity index (χ3n) is 3.01. The van der Waals surface area contributed by atoms with E-state index >= 15 is 0 Å². The zero-order chi connectivity index (χ0) is 10.8. The first-order valence-corrected chi connectivity index (χ1v) is 5.63. The summed E-state index contributed by atoms with van der Waals surface area (Å²) in [5.74, 6) is 0. The maximum Gasteiger partial charge on any atom is 0.0481 e. The fourth-order valence-electron chi connectivity index (χ4n) is 2.22. The summed E-state index contributed by atoms with van der Waals surface area (Å²) in [4.78, 5) is 4.41. The highest BCUT2D eigenvalue weighted by Crippen LogP contribution is 2.31. The number of pyridine rings is 1. The second-order valence-corrected chi connectivity index (χ2v) is 4.08. The molecule has 0 N–H and O–H groups in total. The van der Waals surface area contributed by atoms with Gasteiger partial charge >= 0.3 is 0 Å². The van der Waals surface area contributed by atoms with Gasteiger partial charge in [0.15, 0.2) is 0 Å². The Morgan fingerprint density at radius 2 is 1.81 bits per heavy atom. The number of aryl methyl sites for hydroxylation is 1. The van der Waals surface area contributed by atoms with Crippen molar-refractivity contribution >= 4 is 11.6 Å². The lowest BCUT2D eigenvalue weighted by Crippen LogP contribution is -1.84. The molecule has 1 nitrogen and oxygen atoms in total. The van der Waals surface area contributed by atoms with Crippen LogP contribution in [0, 0.1) is 0 Å². The normalized spacial score (nSPS) is 16.4. The average Bonchev–Trinajstić information content (AvgIpc) is 2.74. The molecule has 0 aliphatic heterocycles. The van der Waals surface area contributed by atoms with Gasteiger partial charge in [0.1, 0.15) is 0 Å². The number of hydrogen-bond acceptors (Lipinski definition) is 1. The second-order valence-electron chi connectivity index (χ2n) is 4.08. The summed E-state index contributed by atoms with van der Waals surface area (Å²) in [5.41, 5.74) is 5.25. The van der Waals surface area contributed by atoms with Crippen LogP contribution < -0.4 is 0 Å². The van der Waals surface area contributed by atoms with Crippen LogP contribution >= 0.6 is 0 Å². The van der Waals surface area contributed by atoms with Gasteiger partial charge in [-0.1, -0.05) is 42.5 Å². The van der Waals surface area contributed by atoms with Gasteiger partial charge in [-0.25, -0.2) is 0 Å². The van der Waals surface area contributed by atoms with Gasteiger partial charge in [-0.3, -0.25) is 4.98 Å². The predicted molar refractivity (Wildman–Crippen MR) is 66.9 cm³/mol. The highest BCUT2D eigenvalue weighted by Gasteiger charge is 2.15. The van der Waals surface area contributed by atoms with Crippen molar-refractivity contribution in [1.29, 1.82) is 0 Å². The van der Waals surface area contributed by atoms with Crippen molar-refractivity contribution in [2.24, 2.45) is 0 Å². The summed E-state index contributed by atoms with van der Waals surface area (Å²) in [7, 11) is 0. The Labute approximate surface area is 95.5 Å². The van der Waals surface area contributed by atoms with E-state index in [1.165, 1.54) is 22.4 Å². The van der Waals surface area contributed by atoms with E-state index in [1.54, 1.807) is 0 Å². The highest BCUT2D eigenvalue weighted by molar-refractivity contribution is 5.84. The standard InChI is InChI=1S/C15H13N/c1-2-5-12(6-3-1)11-13-8-9-15-14(13)7-4-10-16-15/h1-7,10-11H,8-9H2. The molecule has 0 saturated carbocycles. The van der Waals surface area contributed by atoms with Crippen LogP contribution in [0.3, 0.4) is 0 Å². The molecule has 3 rings (SSSR count). The van der Waals surface area contributed by atoms with E-state index in [0.717, 1.165) is 12.8 Å². The Balaban J connectivity index is 2.02. The maximum atomic E-state index is 4.41. The van der Waals surface area contributed by atoms with Gasteiger partial charge in [-0.15, -0.1) is 0 Å². The maximum absolute atomic E-state index is 4.41. The van der Waals surface area contributed by atoms with E-state index in [2.05, 4.69) is 41.4 Å². The summed E-state index contributed by atoms with van der Waals surface area (Å²) in [5, 5.41) is 0. The Morgan fingerprint density at radius 1 is 0.938 bits per heavy atom. The smallest absolute Gasteiger partial charge is 0.0481 e. The van der Waals surface area contributed by atoms with Crippen molar-refractivity contribution in [3.63, 3.8) is 0 Å². The van der Waals surface area contributed by atoms with Gasteiger partial charge in [-0.2, -0.15) is 0 Å². The summed E-state index contributed by atoms with van der Waals surface area (Å²) < 4.78 is 0. The molecule has 1 heterocycles. The van der Waals surface area contributed by atoms with Crippen molar-refractivity contribution in [3.8, 4) is 0 Å². The molecule has 1 aliphatic rings. The van der Waals surface area contributed by atoms with Gasteiger partial charge in [0.2, 0.25) is 0 Å². The van der Waals surface area contributed by atoms with Gasteiger partial charge in [0.05, 0.1) is 0 Å². The Bertz CT molecular complexity index is 526. The monoisotopic (exact) mass is 207 g/mol. The minimum atomic E-state index is 1.08. The van der Waals surface area contributed by atoms with Crippen LogP contribution in [-0.2, 0) is 6.42 Å². The molecule has 0 spiro atoms. The van der Waals surface area contributed by atoms with E-state index in [1.807, 2.05) is 18.3 Å². The van der Waals surface area contributed by atoms with Crippen LogP contribution in [0.25, 0.3) is 11.6 Å². The summed E-state index contributed by atoms with van der Waals surface area (Å²) in [6.45, 7) is 0. The number of fused-ring (bicyclic) bond motifs is 1. The number of rotatable bonds is 1. The largest absolute Gasteiger partial charge is 0.261 e. The summed E-state index contributed by atoms with van der Waals surface area (Å²) in [6, 6.07) is 14.7. The molecule has 0 saturated heterocycles. The van der Waals surface area contributed by atoms with Crippen LogP contribution in [0.4, 0.5) is 0 Å². The molecule has 78 valence electrons. The summed E-state index contributed by atoms with van der Waals surface area (Å²) >= 11 is 0. The predicted octanol–water partition coefficient (Wildman–Crippen LogP) is 3.57. The molecule has 16 heavy (non-hydrogen) atoms. The van der Waals surface area contributed by atoms with Crippen LogP contribution in [0.5, 0.6) is 0 Å². The molecule has 0 fully saturated rings. The molecule has 0 radical (unpaired) electrons. The Hall–Kier alpha value is -1.89. The van der Waals surface area contributed by atoms with E-state index in [4.69, 9.17) is 0 Å². The average molecular weight is 207 g/mol. The lowest BCUT2D eigenvalue weighted by Gasteiger charge is -2.00. The number of hydrogen-bond donors (Lipinski definition) is 0. The van der Waals surface area contributed by atoms with Gasteiger partial charge in [0, 0.05) is 11.9 Å². The second kappa shape index (κ2) is 3.93. The number of nitrogens with zero attached hydrogens (tertiary/aromatic N) is 1. The third-order valence-corrected chi connectivity index (χ3v) is 3.01. The van der Waals surface area contributed by atoms with Crippen LogP contribution in [0.1, 0.15) is 23.2 Å². The van der Waals surface area contributed by atoms with Crippen LogP contribution in [0.15, 0.2) is 48.7 Å². The molecule has 2 aromatic rings. The van der Waals surface area contributed by atoms with E-state index in [-0.39, 0.29) is 0 Å². The minimum absolute atomic E-state index is 1.08. The molecule has 0 unspecified atom stereocenters. The van der Waals surface area contributed by atoms with Crippen molar-refractivity contribution in [2.75, 3.05) is 0 Å². The number of aromatic nitrogens is 1. The fraction of sp³-hybridized carbons (Fsp3) is 0.133. The van der Waals surface area contributed by atoms with Gasteiger partial charge in [0.25, 0.3) is 0 Å². The minimum Gasteiger partial charge on any atom is -0.261 e. The molecule has 0 atom stereocenters. The topological polar surface area (TPSA) is 12.9 Å². The summed E-state index contributed by atoms with van der Waals surface area (Å²) in [6.07, 6.45) is 6.34. The van der Waals surface area contributed by atoms with E-state index in [0.29, 0.717) is 0 Å². The van der Waals surface area contributed by atoms with Crippen molar-refractivity contribution in [3.05, 3.63) is 65.5 Å². The van der Waals surface area contributed by atoms with E-state index < -0.39 is 0 Å². The number of benzene rings is 1. The lowest BCUT2D eigenvalue weighted by atomic mass is 10.1. The zero-order valence-corrected chi connectivity index (χ0v) is 9.06. The van der Waals surface area contributed by atoms with Crippen LogP contribution in [0.2, 0.25) is 0 Å². The molecular formula is C15H13N. The van der Waals surface area contributed by atoms with Crippen molar-refractivity contribution < 1.29 is 0 Å². The van der Waals surface area contributed by atoms with Crippen LogP contribution in [-0.4, -0.2) is 4.98 Å². The highest BCUT2D eigenvalue weighted by atomic mass is 14.7. The first-order valence-electron chi connectivity index (χ1n) is 5.63. The SMILES string of the molecule is C(=C1CCc2ncccc21)c1ccccc1. The molecule has 0 bridgehead atoms. The molecular weight excluding hydrogens is 194 g/mol. The van der Waals surface area contributed by atoms with Gasteiger partial charge < -0.3 is 0 Å². The first-order chi connectivity index (χ1) is 7.93. The molecule has 1 aromatic carbocycles. The lowest BCUT2D eigenvalue weighted by molar-refractivity contribution is 1.01. The zero-order valence-electron chi connectivity index (χ0n) is 9.06. The van der Waals surface area contributed by atoms with Gasteiger partial charge in [-0.05, 0) is 35.6 Å². The molecule has 0 amide bonds.